The lowest BCUT2D eigenvalue weighted by molar-refractivity contribution is 0.0680. The molecule has 1 heterocycles. The van der Waals surface area contributed by atoms with Gasteiger partial charge in [0.15, 0.2) is 0 Å². The van der Waals surface area contributed by atoms with E-state index in [2.05, 4.69) is 18.8 Å². The minimum absolute atomic E-state index is 0.0764. The number of hydrogen-bond donors (Lipinski definition) is 1. The fourth-order valence-electron chi connectivity index (χ4n) is 2.72. The van der Waals surface area contributed by atoms with Gasteiger partial charge in [-0.2, -0.15) is 0 Å². The van der Waals surface area contributed by atoms with Gasteiger partial charge in [-0.05, 0) is 37.7 Å². The van der Waals surface area contributed by atoms with Crippen molar-refractivity contribution in [3.8, 4) is 11.8 Å². The predicted molar refractivity (Wildman–Crippen MR) is 86.4 cm³/mol. The van der Waals surface area contributed by atoms with Gasteiger partial charge in [-0.3, -0.25) is 4.79 Å². The Kier molecular flexibility index (Phi) is 5.84. The Hall–Kier alpha value is -1.31. The number of rotatable bonds is 3. The summed E-state index contributed by atoms with van der Waals surface area (Å²) in [7, 11) is 1.91. The maximum atomic E-state index is 12.5. The van der Waals surface area contributed by atoms with Crippen LogP contribution in [0.3, 0.4) is 0 Å². The molecule has 0 bridgehead atoms. The highest BCUT2D eigenvalue weighted by molar-refractivity contribution is 7.10. The smallest absolute Gasteiger partial charge is 0.254 e. The van der Waals surface area contributed by atoms with Crippen molar-refractivity contribution in [2.45, 2.75) is 45.1 Å². The van der Waals surface area contributed by atoms with E-state index in [0.717, 1.165) is 29.2 Å². The molecule has 1 aromatic heterocycles. The maximum absolute atomic E-state index is 12.5. The summed E-state index contributed by atoms with van der Waals surface area (Å²) >= 11 is 1.49. The molecule has 0 radical (unpaired) electrons. The van der Waals surface area contributed by atoms with Crippen molar-refractivity contribution in [1.82, 2.24) is 4.90 Å². The predicted octanol–water partition coefficient (Wildman–Crippen LogP) is 3.13. The molecule has 1 fully saturated rings. The number of amides is 1. The fraction of sp³-hybridized carbons (Fsp3) is 0.588. The van der Waals surface area contributed by atoms with Gasteiger partial charge in [0.05, 0.1) is 17.0 Å². The summed E-state index contributed by atoms with van der Waals surface area (Å²) in [4.78, 5) is 15.3. The first kappa shape index (κ1) is 16.1. The van der Waals surface area contributed by atoms with E-state index in [1.165, 1.54) is 24.2 Å². The molecule has 4 heteroatoms. The second-order valence-electron chi connectivity index (χ2n) is 5.80. The number of aliphatic hydroxyl groups is 1. The average molecular weight is 305 g/mol. The summed E-state index contributed by atoms with van der Waals surface area (Å²) in [5, 5.41) is 10.6. The molecule has 0 atom stereocenters. The van der Waals surface area contributed by atoms with E-state index in [4.69, 9.17) is 5.11 Å². The van der Waals surface area contributed by atoms with Crippen LogP contribution in [0.5, 0.6) is 0 Å². The van der Waals surface area contributed by atoms with Gasteiger partial charge in [-0.1, -0.05) is 18.8 Å². The highest BCUT2D eigenvalue weighted by Gasteiger charge is 2.25. The van der Waals surface area contributed by atoms with E-state index >= 15 is 0 Å². The van der Waals surface area contributed by atoms with Crippen LogP contribution in [0.25, 0.3) is 0 Å². The number of nitrogens with zero attached hydrogens (tertiary/aromatic N) is 1. The topological polar surface area (TPSA) is 40.5 Å². The summed E-state index contributed by atoms with van der Waals surface area (Å²) in [6.07, 6.45) is 5.11. The van der Waals surface area contributed by atoms with E-state index in [1.807, 2.05) is 23.4 Å². The van der Waals surface area contributed by atoms with Crippen LogP contribution in [0.15, 0.2) is 11.4 Å². The lowest BCUT2D eigenvalue weighted by Gasteiger charge is -2.33. The van der Waals surface area contributed by atoms with Crippen molar-refractivity contribution in [1.29, 1.82) is 0 Å². The molecule has 1 amide bonds. The molecule has 0 aromatic carbocycles. The number of carbonyl (C=O) groups excluding carboxylic acids is 1. The highest BCUT2D eigenvalue weighted by atomic mass is 32.1. The van der Waals surface area contributed by atoms with Crippen LogP contribution in [0, 0.1) is 17.8 Å². The van der Waals surface area contributed by atoms with E-state index in [-0.39, 0.29) is 12.5 Å². The SMILES string of the molecule is CC1CCC(N(C)C(=O)c2csc(C#CCCO)c2)CC1. The third-order valence-corrected chi connectivity index (χ3v) is 4.99. The van der Waals surface area contributed by atoms with Gasteiger partial charge >= 0.3 is 0 Å². The Morgan fingerprint density at radius 3 is 2.81 bits per heavy atom. The molecule has 0 spiro atoms. The Morgan fingerprint density at radius 1 is 1.43 bits per heavy atom. The molecule has 0 saturated heterocycles. The first-order chi connectivity index (χ1) is 10.1. The Morgan fingerprint density at radius 2 is 2.14 bits per heavy atom. The quantitative estimate of drug-likeness (QED) is 0.872. The van der Waals surface area contributed by atoms with Gasteiger partial charge in [-0.25, -0.2) is 0 Å². The minimum atomic E-state index is 0.0764. The molecule has 1 N–H and O–H groups in total. The van der Waals surface area contributed by atoms with E-state index in [1.54, 1.807) is 0 Å². The van der Waals surface area contributed by atoms with E-state index in [9.17, 15) is 4.79 Å². The molecule has 114 valence electrons. The van der Waals surface area contributed by atoms with Crippen molar-refractivity contribution in [3.63, 3.8) is 0 Å². The molecule has 2 rings (SSSR count). The second kappa shape index (κ2) is 7.63. The van der Waals surface area contributed by atoms with Crippen LogP contribution in [-0.4, -0.2) is 35.6 Å². The summed E-state index contributed by atoms with van der Waals surface area (Å²) in [6.45, 7) is 2.36. The minimum Gasteiger partial charge on any atom is -0.395 e. The van der Waals surface area contributed by atoms with Crippen LogP contribution >= 0.6 is 11.3 Å². The lowest BCUT2D eigenvalue weighted by atomic mass is 9.86. The van der Waals surface area contributed by atoms with Crippen LogP contribution in [-0.2, 0) is 0 Å². The summed E-state index contributed by atoms with van der Waals surface area (Å²) < 4.78 is 0. The van der Waals surface area contributed by atoms with Crippen LogP contribution in [0.4, 0.5) is 0 Å². The zero-order chi connectivity index (χ0) is 15.2. The van der Waals surface area contributed by atoms with Crippen molar-refractivity contribution >= 4 is 17.2 Å². The maximum Gasteiger partial charge on any atom is 0.254 e. The van der Waals surface area contributed by atoms with E-state index < -0.39 is 0 Å². The van der Waals surface area contributed by atoms with Gasteiger partial charge in [0, 0.05) is 24.9 Å². The summed E-state index contributed by atoms with van der Waals surface area (Å²) in [5.74, 6) is 6.76. The first-order valence-electron chi connectivity index (χ1n) is 7.57. The molecule has 0 aliphatic heterocycles. The normalized spacial score (nSPS) is 21.5. The molecule has 21 heavy (non-hydrogen) atoms. The molecule has 3 nitrogen and oxygen atoms in total. The standard InChI is InChI=1S/C17H23NO2S/c1-13-6-8-15(9-7-13)18(2)17(20)14-11-16(21-12-14)5-3-4-10-19/h11-13,15,19H,4,6-10H2,1-2H3. The fourth-order valence-corrected chi connectivity index (χ4v) is 3.47. The summed E-state index contributed by atoms with van der Waals surface area (Å²) in [5.41, 5.74) is 0.731. The highest BCUT2D eigenvalue weighted by Crippen LogP contribution is 2.27. The number of thiophene rings is 1. The van der Waals surface area contributed by atoms with Crippen LogP contribution in [0.2, 0.25) is 0 Å². The third-order valence-electron chi connectivity index (χ3n) is 4.15. The van der Waals surface area contributed by atoms with Crippen molar-refractivity contribution in [3.05, 3.63) is 21.9 Å². The Balaban J connectivity index is 1.98. The van der Waals surface area contributed by atoms with Crippen molar-refractivity contribution < 1.29 is 9.90 Å². The van der Waals surface area contributed by atoms with Crippen LogP contribution < -0.4 is 0 Å². The zero-order valence-electron chi connectivity index (χ0n) is 12.8. The molecule has 1 saturated carbocycles. The van der Waals surface area contributed by atoms with Gasteiger partial charge < -0.3 is 10.0 Å². The van der Waals surface area contributed by atoms with Gasteiger partial charge in [0.25, 0.3) is 5.91 Å². The van der Waals surface area contributed by atoms with E-state index in [0.29, 0.717) is 12.5 Å². The molecule has 1 aliphatic rings. The van der Waals surface area contributed by atoms with Gasteiger partial charge in [0.1, 0.15) is 0 Å². The third kappa shape index (κ3) is 4.33. The van der Waals surface area contributed by atoms with Crippen molar-refractivity contribution in [2.24, 2.45) is 5.92 Å². The molecule has 1 aromatic rings. The number of hydrogen-bond acceptors (Lipinski definition) is 3. The number of aliphatic hydroxyl groups excluding tert-OH is 1. The summed E-state index contributed by atoms with van der Waals surface area (Å²) in [6, 6.07) is 2.23. The number of carbonyl (C=O) groups is 1. The monoisotopic (exact) mass is 305 g/mol. The molecular weight excluding hydrogens is 282 g/mol. The second-order valence-corrected chi connectivity index (χ2v) is 6.72. The lowest BCUT2D eigenvalue weighted by Crippen LogP contribution is -2.39. The zero-order valence-corrected chi connectivity index (χ0v) is 13.6. The first-order valence-corrected chi connectivity index (χ1v) is 8.45. The Labute approximate surface area is 131 Å². The van der Waals surface area contributed by atoms with Crippen molar-refractivity contribution in [2.75, 3.05) is 13.7 Å². The molecular formula is C17H23NO2S. The van der Waals surface area contributed by atoms with Crippen LogP contribution in [0.1, 0.15) is 54.3 Å². The molecule has 0 unspecified atom stereocenters. The average Bonchev–Trinajstić information content (AvgIpc) is 2.96. The van der Waals surface area contributed by atoms with Gasteiger partial charge in [-0.15, -0.1) is 11.3 Å². The van der Waals surface area contributed by atoms with Gasteiger partial charge in [0.2, 0.25) is 0 Å². The Bertz CT molecular complexity index is 532. The molecule has 1 aliphatic carbocycles. The largest absolute Gasteiger partial charge is 0.395 e.